The van der Waals surface area contributed by atoms with Gasteiger partial charge in [-0.2, -0.15) is 0 Å². The minimum atomic E-state index is 0.103. The third kappa shape index (κ3) is 2.12. The number of H-pyrrole nitrogens is 1. The molecule has 0 radical (unpaired) electrons. The molecule has 2 aromatic rings. The number of carbonyl (C=O) groups is 1. The van der Waals surface area contributed by atoms with Gasteiger partial charge in [0, 0.05) is 24.7 Å². The highest BCUT2D eigenvalue weighted by Crippen LogP contribution is 2.30. The van der Waals surface area contributed by atoms with Gasteiger partial charge in [-0.1, -0.05) is 0 Å². The normalized spacial score (nSPS) is 15.7. The predicted molar refractivity (Wildman–Crippen MR) is 77.2 cm³/mol. The monoisotopic (exact) mass is 274 g/mol. The van der Waals surface area contributed by atoms with Crippen LogP contribution in [0.15, 0.2) is 23.6 Å². The molecule has 0 amide bonds. The van der Waals surface area contributed by atoms with E-state index in [1.54, 1.807) is 25.0 Å². The van der Waals surface area contributed by atoms with Gasteiger partial charge < -0.3 is 9.88 Å². The first-order chi connectivity index (χ1) is 9.16. The number of ketones is 1. The van der Waals surface area contributed by atoms with Crippen molar-refractivity contribution in [2.24, 2.45) is 0 Å². The molecule has 0 spiro atoms. The first-order valence-corrected chi connectivity index (χ1v) is 7.06. The largest absolute Gasteiger partial charge is 0.346 e. The molecule has 5 nitrogen and oxygen atoms in total. The van der Waals surface area contributed by atoms with Crippen LogP contribution in [0, 0.1) is 6.92 Å². The van der Waals surface area contributed by atoms with E-state index >= 15 is 0 Å². The van der Waals surface area contributed by atoms with E-state index < -0.39 is 0 Å². The Hall–Kier alpha value is -1.82. The van der Waals surface area contributed by atoms with E-state index in [2.05, 4.69) is 15.0 Å². The summed E-state index contributed by atoms with van der Waals surface area (Å²) >= 11 is 1.60. The van der Waals surface area contributed by atoms with Crippen LogP contribution in [0.2, 0.25) is 0 Å². The Labute approximate surface area is 115 Å². The molecule has 0 fully saturated rings. The predicted octanol–water partition coefficient (Wildman–Crippen LogP) is 2.25. The number of aromatic nitrogens is 3. The molecule has 3 heterocycles. The molecule has 0 saturated heterocycles. The van der Waals surface area contributed by atoms with E-state index in [-0.39, 0.29) is 5.78 Å². The van der Waals surface area contributed by atoms with Crippen molar-refractivity contribution in [3.05, 3.63) is 29.2 Å². The van der Waals surface area contributed by atoms with Gasteiger partial charge in [0.2, 0.25) is 0 Å². The zero-order valence-electron chi connectivity index (χ0n) is 10.8. The molecule has 2 aromatic heterocycles. The number of hydrogen-bond donors (Lipinski definition) is 1. The van der Waals surface area contributed by atoms with Crippen molar-refractivity contribution in [1.29, 1.82) is 0 Å². The molecule has 6 heteroatoms. The number of aryl methyl sites for hydroxylation is 1. The van der Waals surface area contributed by atoms with E-state index in [9.17, 15) is 4.79 Å². The number of allylic oxidation sites excluding steroid dienone is 1. The standard InChI is InChI=1S/C13H14N4OS/c1-8-5-14-12-11(8)13(16-7-15-12)17-3-4-19-10(6-17)9(2)18/h5-7H,3-4H2,1-2H3,(H,14,15,16). The first-order valence-electron chi connectivity index (χ1n) is 6.07. The lowest BCUT2D eigenvalue weighted by Crippen LogP contribution is -2.25. The van der Waals surface area contributed by atoms with Crippen molar-refractivity contribution >= 4 is 34.4 Å². The molecule has 0 bridgehead atoms. The highest BCUT2D eigenvalue weighted by molar-refractivity contribution is 8.04. The molecule has 1 aliphatic heterocycles. The Kier molecular flexibility index (Phi) is 3.02. The Morgan fingerprint density at radius 3 is 3.11 bits per heavy atom. The van der Waals surface area contributed by atoms with Crippen LogP contribution in [0.3, 0.4) is 0 Å². The van der Waals surface area contributed by atoms with Crippen molar-refractivity contribution in [2.75, 3.05) is 17.2 Å². The molecular formula is C13H14N4OS. The van der Waals surface area contributed by atoms with Crippen LogP contribution in [-0.2, 0) is 4.79 Å². The van der Waals surface area contributed by atoms with Gasteiger partial charge in [-0.25, -0.2) is 9.97 Å². The summed E-state index contributed by atoms with van der Waals surface area (Å²) in [6.45, 7) is 4.47. The summed E-state index contributed by atoms with van der Waals surface area (Å²) in [5.41, 5.74) is 1.94. The Morgan fingerprint density at radius 2 is 2.32 bits per heavy atom. The van der Waals surface area contributed by atoms with E-state index in [1.807, 2.05) is 24.2 Å². The van der Waals surface area contributed by atoms with Crippen molar-refractivity contribution in [3.63, 3.8) is 0 Å². The smallest absolute Gasteiger partial charge is 0.167 e. The quantitative estimate of drug-likeness (QED) is 0.910. The SMILES string of the molecule is CC(=O)C1=CN(c2ncnc3[nH]cc(C)c23)CCS1. The number of thioether (sulfide) groups is 1. The van der Waals surface area contributed by atoms with Crippen LogP contribution in [0.1, 0.15) is 12.5 Å². The second-order valence-corrected chi connectivity index (χ2v) is 5.62. The number of hydrogen-bond acceptors (Lipinski definition) is 5. The molecule has 0 saturated carbocycles. The van der Waals surface area contributed by atoms with Crippen LogP contribution in [0.5, 0.6) is 0 Å². The van der Waals surface area contributed by atoms with Crippen LogP contribution in [0.25, 0.3) is 11.0 Å². The fourth-order valence-corrected chi connectivity index (χ4v) is 3.09. The van der Waals surface area contributed by atoms with E-state index in [0.29, 0.717) is 0 Å². The summed E-state index contributed by atoms with van der Waals surface area (Å²) in [7, 11) is 0. The number of nitrogens with zero attached hydrogens (tertiary/aromatic N) is 3. The number of fused-ring (bicyclic) bond motifs is 1. The molecule has 1 N–H and O–H groups in total. The number of rotatable bonds is 2. The summed E-state index contributed by atoms with van der Waals surface area (Å²) in [6.07, 6.45) is 5.37. The Morgan fingerprint density at radius 1 is 1.47 bits per heavy atom. The fraction of sp³-hybridized carbons (Fsp3) is 0.308. The lowest BCUT2D eigenvalue weighted by molar-refractivity contribution is -0.112. The third-order valence-corrected chi connectivity index (χ3v) is 4.22. The second-order valence-electron chi connectivity index (χ2n) is 4.48. The zero-order chi connectivity index (χ0) is 13.4. The fourth-order valence-electron chi connectivity index (χ4n) is 2.17. The van der Waals surface area contributed by atoms with Gasteiger partial charge in [0.15, 0.2) is 5.78 Å². The zero-order valence-corrected chi connectivity index (χ0v) is 11.6. The topological polar surface area (TPSA) is 61.9 Å². The van der Waals surface area contributed by atoms with Crippen LogP contribution in [-0.4, -0.2) is 33.0 Å². The van der Waals surface area contributed by atoms with E-state index in [0.717, 1.165) is 39.6 Å². The van der Waals surface area contributed by atoms with Crippen LogP contribution < -0.4 is 4.90 Å². The third-order valence-electron chi connectivity index (χ3n) is 3.13. The molecule has 3 rings (SSSR count). The first kappa shape index (κ1) is 12.2. The average Bonchev–Trinajstić information content (AvgIpc) is 2.81. The van der Waals surface area contributed by atoms with Gasteiger partial charge in [0.05, 0.1) is 10.3 Å². The summed E-state index contributed by atoms with van der Waals surface area (Å²) in [5, 5.41) is 1.02. The van der Waals surface area contributed by atoms with Crippen molar-refractivity contribution in [1.82, 2.24) is 15.0 Å². The molecule has 19 heavy (non-hydrogen) atoms. The maximum Gasteiger partial charge on any atom is 0.167 e. The Balaban J connectivity index is 2.11. The Bertz CT molecular complexity index is 676. The highest BCUT2D eigenvalue weighted by Gasteiger charge is 2.19. The molecule has 0 atom stereocenters. The van der Waals surface area contributed by atoms with Gasteiger partial charge >= 0.3 is 0 Å². The molecule has 0 aromatic carbocycles. The summed E-state index contributed by atoms with van der Waals surface area (Å²) < 4.78 is 0. The maximum absolute atomic E-state index is 11.5. The maximum atomic E-state index is 11.5. The second kappa shape index (κ2) is 4.70. The number of nitrogens with one attached hydrogen (secondary N) is 1. The van der Waals surface area contributed by atoms with E-state index in [4.69, 9.17) is 0 Å². The highest BCUT2D eigenvalue weighted by atomic mass is 32.2. The van der Waals surface area contributed by atoms with Crippen molar-refractivity contribution in [2.45, 2.75) is 13.8 Å². The summed E-state index contributed by atoms with van der Waals surface area (Å²) in [6, 6.07) is 0. The van der Waals surface area contributed by atoms with E-state index in [1.165, 1.54) is 0 Å². The van der Waals surface area contributed by atoms with Crippen LogP contribution >= 0.6 is 11.8 Å². The molecule has 0 unspecified atom stereocenters. The number of Topliss-reactive ketones (excluding diaryl/α,β-unsaturated/α-hetero) is 1. The van der Waals surface area contributed by atoms with Gasteiger partial charge in [0.25, 0.3) is 0 Å². The van der Waals surface area contributed by atoms with Gasteiger partial charge in [0.1, 0.15) is 17.8 Å². The molecular weight excluding hydrogens is 260 g/mol. The summed E-state index contributed by atoms with van der Waals surface area (Å²) in [5.74, 6) is 1.86. The molecule has 98 valence electrons. The van der Waals surface area contributed by atoms with Gasteiger partial charge in [-0.05, 0) is 19.4 Å². The minimum Gasteiger partial charge on any atom is -0.346 e. The van der Waals surface area contributed by atoms with Crippen molar-refractivity contribution < 1.29 is 4.79 Å². The average molecular weight is 274 g/mol. The lowest BCUT2D eigenvalue weighted by Gasteiger charge is -2.25. The number of aromatic amines is 1. The molecule has 0 aliphatic carbocycles. The molecule has 1 aliphatic rings. The number of carbonyl (C=O) groups excluding carboxylic acids is 1. The summed E-state index contributed by atoms with van der Waals surface area (Å²) in [4.78, 5) is 26.1. The van der Waals surface area contributed by atoms with Crippen LogP contribution in [0.4, 0.5) is 5.82 Å². The van der Waals surface area contributed by atoms with Gasteiger partial charge in [-0.3, -0.25) is 4.79 Å². The minimum absolute atomic E-state index is 0.103. The lowest BCUT2D eigenvalue weighted by atomic mass is 10.2. The van der Waals surface area contributed by atoms with Crippen molar-refractivity contribution in [3.8, 4) is 0 Å². The van der Waals surface area contributed by atoms with Gasteiger partial charge in [-0.15, -0.1) is 11.8 Å². The number of anilines is 1.